The van der Waals surface area contributed by atoms with Crippen LogP contribution in [-0.4, -0.2) is 26.1 Å². The lowest BCUT2D eigenvalue weighted by Crippen LogP contribution is -2.35. The summed E-state index contributed by atoms with van der Waals surface area (Å²) in [6.45, 7) is 0. The maximum atomic E-state index is 5.34. The van der Waals surface area contributed by atoms with Crippen LogP contribution in [0.5, 0.6) is 0 Å². The molecule has 0 radical (unpaired) electrons. The molecule has 0 aliphatic heterocycles. The smallest absolute Gasteiger partial charge is 0.193 e. The molecule has 0 saturated heterocycles. The van der Waals surface area contributed by atoms with Crippen LogP contribution in [0.25, 0.3) is 0 Å². The highest BCUT2D eigenvalue weighted by molar-refractivity contribution is 7.99. The van der Waals surface area contributed by atoms with Gasteiger partial charge in [-0.25, -0.2) is 15.0 Å². The second-order valence-electron chi connectivity index (χ2n) is 5.10. The van der Waals surface area contributed by atoms with Crippen LogP contribution in [-0.2, 0) is 0 Å². The van der Waals surface area contributed by atoms with Gasteiger partial charge in [-0.2, -0.15) is 0 Å². The lowest BCUT2D eigenvalue weighted by Gasteiger charge is -2.15. The number of hydrogen-bond donors (Lipinski definition) is 2. The van der Waals surface area contributed by atoms with Gasteiger partial charge in [0.15, 0.2) is 10.3 Å². The Labute approximate surface area is 139 Å². The van der Waals surface area contributed by atoms with E-state index in [4.69, 9.17) is 12.2 Å². The molecule has 114 valence electrons. The zero-order chi connectivity index (χ0) is 15.2. The highest BCUT2D eigenvalue weighted by atomic mass is 32.2. The largest absolute Gasteiger partial charge is 0.360 e. The van der Waals surface area contributed by atoms with Crippen LogP contribution in [0.2, 0.25) is 0 Å². The Morgan fingerprint density at radius 3 is 2.59 bits per heavy atom. The summed E-state index contributed by atoms with van der Waals surface area (Å²) in [5.74, 6) is 0. The van der Waals surface area contributed by atoms with E-state index in [2.05, 4.69) is 25.6 Å². The lowest BCUT2D eigenvalue weighted by molar-refractivity contribution is 0.634. The third-order valence-corrected chi connectivity index (χ3v) is 4.49. The van der Waals surface area contributed by atoms with E-state index in [1.165, 1.54) is 37.4 Å². The predicted molar refractivity (Wildman–Crippen MR) is 92.0 cm³/mol. The predicted octanol–water partition coefficient (Wildman–Crippen LogP) is 3.25. The van der Waals surface area contributed by atoms with E-state index in [0.717, 1.165) is 10.7 Å². The van der Waals surface area contributed by atoms with Crippen molar-refractivity contribution in [1.82, 2.24) is 20.3 Å². The summed E-state index contributed by atoms with van der Waals surface area (Å²) in [5, 5.41) is 8.74. The van der Waals surface area contributed by atoms with Crippen molar-refractivity contribution in [3.05, 3.63) is 36.8 Å². The first-order valence-corrected chi connectivity index (χ1v) is 8.50. The van der Waals surface area contributed by atoms with Gasteiger partial charge in [-0.15, -0.1) is 0 Å². The molecular weight excluding hydrogens is 314 g/mol. The van der Waals surface area contributed by atoms with Crippen molar-refractivity contribution in [3.63, 3.8) is 0 Å². The van der Waals surface area contributed by atoms with Crippen molar-refractivity contribution in [2.45, 2.75) is 41.9 Å². The molecular formula is C15H17N5S2. The van der Waals surface area contributed by atoms with Gasteiger partial charge in [-0.05, 0) is 55.0 Å². The van der Waals surface area contributed by atoms with Gasteiger partial charge >= 0.3 is 0 Å². The molecule has 2 aromatic heterocycles. The highest BCUT2D eigenvalue weighted by Gasteiger charge is 2.15. The molecule has 2 aromatic rings. The topological polar surface area (TPSA) is 62.7 Å². The van der Waals surface area contributed by atoms with Gasteiger partial charge in [0, 0.05) is 18.4 Å². The standard InChI is InChI=1S/C15H17N5S2/c21-14(19-11-4-1-2-5-11)20-12-6-7-13(18-10-12)22-15-16-8-3-9-17-15/h3,6-11H,1-2,4-5H2,(H2,19,20,21). The van der Waals surface area contributed by atoms with Gasteiger partial charge in [0.05, 0.1) is 11.9 Å². The third-order valence-electron chi connectivity index (χ3n) is 3.42. The SMILES string of the molecule is S=C(Nc1ccc(Sc2ncccn2)nc1)NC1CCCC1. The van der Waals surface area contributed by atoms with Crippen molar-refractivity contribution in [2.75, 3.05) is 5.32 Å². The molecule has 1 aliphatic rings. The number of rotatable bonds is 4. The average Bonchev–Trinajstić information content (AvgIpc) is 3.03. The number of thiocarbonyl (C=S) groups is 1. The fourth-order valence-corrected chi connectivity index (χ4v) is 3.31. The van der Waals surface area contributed by atoms with Crippen LogP contribution < -0.4 is 10.6 Å². The summed E-state index contributed by atoms with van der Waals surface area (Å²) in [7, 11) is 0. The van der Waals surface area contributed by atoms with Gasteiger partial charge in [0.1, 0.15) is 5.03 Å². The second-order valence-corrected chi connectivity index (χ2v) is 6.49. The highest BCUT2D eigenvalue weighted by Crippen LogP contribution is 2.22. The minimum absolute atomic E-state index is 0.512. The molecule has 0 unspecified atom stereocenters. The molecule has 1 aliphatic carbocycles. The normalized spacial score (nSPS) is 14.7. The lowest BCUT2D eigenvalue weighted by atomic mass is 10.3. The Morgan fingerprint density at radius 2 is 1.91 bits per heavy atom. The molecule has 2 heterocycles. The molecule has 7 heteroatoms. The molecule has 0 atom stereocenters. The van der Waals surface area contributed by atoms with Crippen molar-refractivity contribution < 1.29 is 0 Å². The first-order valence-electron chi connectivity index (χ1n) is 7.28. The number of pyridine rings is 1. The summed E-state index contributed by atoms with van der Waals surface area (Å²) >= 11 is 6.77. The second kappa shape index (κ2) is 7.51. The van der Waals surface area contributed by atoms with E-state index >= 15 is 0 Å². The molecule has 0 amide bonds. The molecule has 2 N–H and O–H groups in total. The van der Waals surface area contributed by atoms with Gasteiger partial charge in [0.25, 0.3) is 0 Å². The zero-order valence-electron chi connectivity index (χ0n) is 12.0. The van der Waals surface area contributed by atoms with E-state index in [9.17, 15) is 0 Å². The van der Waals surface area contributed by atoms with Gasteiger partial charge in [0.2, 0.25) is 0 Å². The monoisotopic (exact) mass is 331 g/mol. The van der Waals surface area contributed by atoms with Crippen molar-refractivity contribution in [3.8, 4) is 0 Å². The van der Waals surface area contributed by atoms with Gasteiger partial charge < -0.3 is 10.6 Å². The van der Waals surface area contributed by atoms with Crippen LogP contribution >= 0.6 is 24.0 Å². The first-order chi connectivity index (χ1) is 10.8. The van der Waals surface area contributed by atoms with E-state index in [1.807, 2.05) is 12.1 Å². The van der Waals surface area contributed by atoms with E-state index in [-0.39, 0.29) is 0 Å². The first kappa shape index (κ1) is 15.2. The fraction of sp³-hybridized carbons (Fsp3) is 0.333. The third kappa shape index (κ3) is 4.38. The number of hydrogen-bond acceptors (Lipinski definition) is 5. The van der Waals surface area contributed by atoms with Crippen LogP contribution in [0.4, 0.5) is 5.69 Å². The summed E-state index contributed by atoms with van der Waals surface area (Å²) in [4.78, 5) is 12.7. The zero-order valence-corrected chi connectivity index (χ0v) is 13.7. The number of anilines is 1. The van der Waals surface area contributed by atoms with Crippen LogP contribution in [0.15, 0.2) is 47.0 Å². The molecule has 1 fully saturated rings. The molecule has 0 bridgehead atoms. The summed E-state index contributed by atoms with van der Waals surface area (Å²) in [6.07, 6.45) is 10.2. The molecule has 0 aromatic carbocycles. The van der Waals surface area contributed by atoms with Crippen LogP contribution in [0, 0.1) is 0 Å². The van der Waals surface area contributed by atoms with E-state index < -0.39 is 0 Å². The van der Waals surface area contributed by atoms with Gasteiger partial charge in [-0.1, -0.05) is 12.8 Å². The number of nitrogens with one attached hydrogen (secondary N) is 2. The molecule has 22 heavy (non-hydrogen) atoms. The molecule has 0 spiro atoms. The Balaban J connectivity index is 1.53. The Bertz CT molecular complexity index is 612. The Kier molecular flexibility index (Phi) is 5.18. The van der Waals surface area contributed by atoms with Crippen LogP contribution in [0.1, 0.15) is 25.7 Å². The Hall–Kier alpha value is -1.73. The summed E-state index contributed by atoms with van der Waals surface area (Å²) in [6, 6.07) is 6.20. The summed E-state index contributed by atoms with van der Waals surface area (Å²) < 4.78 is 0. The number of nitrogens with zero attached hydrogens (tertiary/aromatic N) is 3. The number of aromatic nitrogens is 3. The quantitative estimate of drug-likeness (QED) is 0.658. The Morgan fingerprint density at radius 1 is 1.14 bits per heavy atom. The van der Waals surface area contributed by atoms with Crippen molar-refractivity contribution in [1.29, 1.82) is 0 Å². The van der Waals surface area contributed by atoms with E-state index in [1.54, 1.807) is 24.7 Å². The molecule has 5 nitrogen and oxygen atoms in total. The van der Waals surface area contributed by atoms with Crippen molar-refractivity contribution >= 4 is 34.8 Å². The minimum atomic E-state index is 0.512. The average molecular weight is 331 g/mol. The minimum Gasteiger partial charge on any atom is -0.360 e. The molecule has 3 rings (SSSR count). The molecule has 1 saturated carbocycles. The summed E-state index contributed by atoms with van der Waals surface area (Å²) in [5.41, 5.74) is 0.883. The maximum absolute atomic E-state index is 5.34. The van der Waals surface area contributed by atoms with Crippen LogP contribution in [0.3, 0.4) is 0 Å². The van der Waals surface area contributed by atoms with Crippen molar-refractivity contribution in [2.24, 2.45) is 0 Å². The fourth-order valence-electron chi connectivity index (χ4n) is 2.37. The van der Waals surface area contributed by atoms with E-state index in [0.29, 0.717) is 16.3 Å². The maximum Gasteiger partial charge on any atom is 0.193 e. The van der Waals surface area contributed by atoms with Gasteiger partial charge in [-0.3, -0.25) is 0 Å².